The normalized spacial score (nSPS) is 11.7. The lowest BCUT2D eigenvalue weighted by Crippen LogP contribution is -2.13. The second-order valence-corrected chi connectivity index (χ2v) is 9.00. The highest BCUT2D eigenvalue weighted by atomic mass is 32.2. The van der Waals surface area contributed by atoms with Crippen molar-refractivity contribution >= 4 is 26.8 Å². The second-order valence-electron chi connectivity index (χ2n) is 7.31. The van der Waals surface area contributed by atoms with Crippen LogP contribution in [0.2, 0.25) is 0 Å². The maximum Gasteiger partial charge on any atom is 0.261 e. The Balaban J connectivity index is 1.58. The van der Waals surface area contributed by atoms with Gasteiger partial charge in [0.1, 0.15) is 11.3 Å². The lowest BCUT2D eigenvalue weighted by Gasteiger charge is -2.11. The number of nitrogens with one attached hydrogen (secondary N) is 1. The molecule has 0 fully saturated rings. The first kappa shape index (κ1) is 20.0. The minimum Gasteiger partial charge on any atom is -0.491 e. The number of hydrogen-bond acceptors (Lipinski definition) is 5. The molecule has 0 aliphatic heterocycles. The summed E-state index contributed by atoms with van der Waals surface area (Å²) < 4.78 is 39.5. The number of rotatable bonds is 6. The molecule has 0 radical (unpaired) electrons. The fourth-order valence-corrected chi connectivity index (χ4v) is 4.12. The molecule has 0 atom stereocenters. The van der Waals surface area contributed by atoms with Crippen LogP contribution in [0.1, 0.15) is 19.4 Å². The molecule has 1 N–H and O–H groups in total. The summed E-state index contributed by atoms with van der Waals surface area (Å²) in [6.45, 7) is 5.83. The van der Waals surface area contributed by atoms with Crippen LogP contribution in [0.4, 0.5) is 5.69 Å². The third kappa shape index (κ3) is 4.31. The minimum atomic E-state index is -3.75. The van der Waals surface area contributed by atoms with Crippen molar-refractivity contribution in [2.45, 2.75) is 31.8 Å². The van der Waals surface area contributed by atoms with Gasteiger partial charge in [0.05, 0.1) is 16.7 Å². The zero-order valence-electron chi connectivity index (χ0n) is 16.9. The molecule has 154 valence electrons. The molecular formula is C23H22N2O4S. The van der Waals surface area contributed by atoms with E-state index in [2.05, 4.69) is 9.71 Å². The summed E-state index contributed by atoms with van der Waals surface area (Å²) in [5.41, 5.74) is 3.54. The smallest absolute Gasteiger partial charge is 0.261 e. The maximum atomic E-state index is 12.7. The number of nitrogens with zero attached hydrogens (tertiary/aromatic N) is 1. The van der Waals surface area contributed by atoms with Crippen molar-refractivity contribution < 1.29 is 17.6 Å². The van der Waals surface area contributed by atoms with Crippen LogP contribution in [0.3, 0.4) is 0 Å². The first-order valence-electron chi connectivity index (χ1n) is 9.57. The lowest BCUT2D eigenvalue weighted by atomic mass is 10.1. The second kappa shape index (κ2) is 7.84. The van der Waals surface area contributed by atoms with Crippen molar-refractivity contribution in [3.8, 4) is 17.2 Å². The maximum absolute atomic E-state index is 12.7. The number of aryl methyl sites for hydroxylation is 1. The molecule has 1 aromatic heterocycles. The van der Waals surface area contributed by atoms with E-state index < -0.39 is 10.0 Å². The van der Waals surface area contributed by atoms with Crippen LogP contribution in [0, 0.1) is 6.92 Å². The van der Waals surface area contributed by atoms with Gasteiger partial charge in [-0.15, -0.1) is 0 Å². The van der Waals surface area contributed by atoms with E-state index in [0.29, 0.717) is 28.4 Å². The highest BCUT2D eigenvalue weighted by Crippen LogP contribution is 2.28. The zero-order valence-corrected chi connectivity index (χ0v) is 17.7. The number of sulfonamides is 1. The molecule has 0 amide bonds. The van der Waals surface area contributed by atoms with E-state index in [0.717, 1.165) is 11.1 Å². The molecule has 4 aromatic rings. The molecule has 0 bridgehead atoms. The standard InChI is InChI=1S/C23H22N2O4S/c1-15(2)28-19-8-10-20(11-9-19)30(26,27)25-18-7-12-21-22(14-18)29-23(24-21)17-6-4-5-16(3)13-17/h4-15,25H,1-3H3. The molecule has 30 heavy (non-hydrogen) atoms. The summed E-state index contributed by atoms with van der Waals surface area (Å²) in [7, 11) is -3.75. The van der Waals surface area contributed by atoms with Crippen LogP contribution in [0.5, 0.6) is 5.75 Å². The SMILES string of the molecule is Cc1cccc(-c2nc3ccc(NS(=O)(=O)c4ccc(OC(C)C)cc4)cc3o2)c1. The first-order valence-corrected chi connectivity index (χ1v) is 11.1. The van der Waals surface area contributed by atoms with Gasteiger partial charge in [0.15, 0.2) is 5.58 Å². The Labute approximate surface area is 175 Å². The average Bonchev–Trinajstić information content (AvgIpc) is 3.11. The van der Waals surface area contributed by atoms with Crippen LogP contribution < -0.4 is 9.46 Å². The van der Waals surface area contributed by atoms with Crippen molar-refractivity contribution in [3.05, 3.63) is 72.3 Å². The zero-order chi connectivity index (χ0) is 21.3. The van der Waals surface area contributed by atoms with Gasteiger partial charge in [0.2, 0.25) is 5.89 Å². The molecule has 1 heterocycles. The van der Waals surface area contributed by atoms with Crippen molar-refractivity contribution in [2.75, 3.05) is 4.72 Å². The molecule has 0 unspecified atom stereocenters. The van der Waals surface area contributed by atoms with Gasteiger partial charge in [0, 0.05) is 11.6 Å². The van der Waals surface area contributed by atoms with Crippen LogP contribution in [0.15, 0.2) is 76.0 Å². The number of anilines is 1. The van der Waals surface area contributed by atoms with E-state index in [1.54, 1.807) is 30.3 Å². The Hall–Kier alpha value is -3.32. The Kier molecular flexibility index (Phi) is 5.22. The van der Waals surface area contributed by atoms with E-state index in [1.165, 1.54) is 12.1 Å². The van der Waals surface area contributed by atoms with E-state index in [9.17, 15) is 8.42 Å². The summed E-state index contributed by atoms with van der Waals surface area (Å²) in [5, 5.41) is 0. The van der Waals surface area contributed by atoms with Crippen molar-refractivity contribution in [1.82, 2.24) is 4.98 Å². The quantitative estimate of drug-likeness (QED) is 0.450. The van der Waals surface area contributed by atoms with Gasteiger partial charge in [-0.05, 0) is 69.3 Å². The summed E-state index contributed by atoms with van der Waals surface area (Å²) in [6, 6.07) is 19.2. The summed E-state index contributed by atoms with van der Waals surface area (Å²) in [6.07, 6.45) is 0.0175. The third-order valence-corrected chi connectivity index (χ3v) is 5.81. The minimum absolute atomic E-state index is 0.0175. The Morgan fingerprint density at radius 3 is 2.47 bits per heavy atom. The molecule has 3 aromatic carbocycles. The Bertz CT molecular complexity index is 1290. The van der Waals surface area contributed by atoms with Crippen molar-refractivity contribution in [1.29, 1.82) is 0 Å². The monoisotopic (exact) mass is 422 g/mol. The molecule has 4 rings (SSSR count). The fraction of sp³-hybridized carbons (Fsp3) is 0.174. The molecule has 0 aliphatic carbocycles. The average molecular weight is 423 g/mol. The summed E-state index contributed by atoms with van der Waals surface area (Å²) in [5.74, 6) is 1.12. The molecule has 6 nitrogen and oxygen atoms in total. The number of oxazole rings is 1. The van der Waals surface area contributed by atoms with Gasteiger partial charge in [0.25, 0.3) is 10.0 Å². The topological polar surface area (TPSA) is 81.4 Å². The van der Waals surface area contributed by atoms with E-state index >= 15 is 0 Å². The van der Waals surface area contributed by atoms with Gasteiger partial charge in [-0.3, -0.25) is 4.72 Å². The van der Waals surface area contributed by atoms with Gasteiger partial charge >= 0.3 is 0 Å². The number of ether oxygens (including phenoxy) is 1. The van der Waals surface area contributed by atoms with Gasteiger partial charge in [-0.1, -0.05) is 17.7 Å². The molecular weight excluding hydrogens is 400 g/mol. The Morgan fingerprint density at radius 2 is 1.77 bits per heavy atom. The summed E-state index contributed by atoms with van der Waals surface area (Å²) in [4.78, 5) is 4.65. The van der Waals surface area contributed by atoms with Gasteiger partial charge in [-0.2, -0.15) is 0 Å². The van der Waals surface area contributed by atoms with E-state index in [1.807, 2.05) is 45.0 Å². The number of aromatic nitrogens is 1. The lowest BCUT2D eigenvalue weighted by molar-refractivity contribution is 0.242. The van der Waals surface area contributed by atoms with Crippen molar-refractivity contribution in [3.63, 3.8) is 0 Å². The number of fused-ring (bicyclic) bond motifs is 1. The first-order chi connectivity index (χ1) is 14.3. The third-order valence-electron chi connectivity index (χ3n) is 4.41. The van der Waals surface area contributed by atoms with Crippen LogP contribution in [-0.4, -0.2) is 19.5 Å². The number of hydrogen-bond donors (Lipinski definition) is 1. The van der Waals surface area contributed by atoms with Gasteiger partial charge in [-0.25, -0.2) is 13.4 Å². The highest BCUT2D eigenvalue weighted by Gasteiger charge is 2.16. The van der Waals surface area contributed by atoms with Crippen LogP contribution in [-0.2, 0) is 10.0 Å². The molecule has 0 saturated carbocycles. The Morgan fingerprint density at radius 1 is 1.00 bits per heavy atom. The van der Waals surface area contributed by atoms with E-state index in [-0.39, 0.29) is 11.0 Å². The molecule has 0 saturated heterocycles. The highest BCUT2D eigenvalue weighted by molar-refractivity contribution is 7.92. The molecule has 0 aliphatic rings. The summed E-state index contributed by atoms with van der Waals surface area (Å²) >= 11 is 0. The largest absolute Gasteiger partial charge is 0.491 e. The predicted octanol–water partition coefficient (Wildman–Crippen LogP) is 5.39. The van der Waals surface area contributed by atoms with E-state index in [4.69, 9.17) is 9.15 Å². The number of benzene rings is 3. The van der Waals surface area contributed by atoms with Gasteiger partial charge < -0.3 is 9.15 Å². The van der Waals surface area contributed by atoms with Crippen molar-refractivity contribution in [2.24, 2.45) is 0 Å². The van der Waals surface area contributed by atoms with Crippen LogP contribution in [0.25, 0.3) is 22.6 Å². The van der Waals surface area contributed by atoms with Crippen LogP contribution >= 0.6 is 0 Å². The molecule has 0 spiro atoms. The fourth-order valence-electron chi connectivity index (χ4n) is 3.07. The molecule has 7 heteroatoms. The predicted molar refractivity (Wildman–Crippen MR) is 117 cm³/mol.